The number of aryl methyl sites for hydroxylation is 1. The zero-order chi connectivity index (χ0) is 10.7. The molecule has 0 aliphatic carbocycles. The smallest absolute Gasteiger partial charge is 0.223 e. The predicted molar refractivity (Wildman–Crippen MR) is 57.3 cm³/mol. The number of likely N-dealkylation sites (tertiary alicyclic amines) is 1. The number of nitrogens with zero attached hydrogens (tertiary/aromatic N) is 3. The molecule has 1 atom stereocenters. The van der Waals surface area contributed by atoms with Gasteiger partial charge in [0.25, 0.3) is 0 Å². The minimum Gasteiger partial charge on any atom is -0.340 e. The van der Waals surface area contributed by atoms with Crippen molar-refractivity contribution >= 4 is 0 Å². The lowest BCUT2D eigenvalue weighted by molar-refractivity contribution is 0.160. The summed E-state index contributed by atoms with van der Waals surface area (Å²) in [6.45, 7) is 7.30. The number of piperidine rings is 1. The van der Waals surface area contributed by atoms with Crippen LogP contribution in [0.15, 0.2) is 4.52 Å². The van der Waals surface area contributed by atoms with Gasteiger partial charge < -0.3 is 4.52 Å². The second kappa shape index (κ2) is 4.75. The molecule has 1 fully saturated rings. The van der Waals surface area contributed by atoms with Crippen molar-refractivity contribution in [3.05, 3.63) is 11.7 Å². The Morgan fingerprint density at radius 3 is 3.07 bits per heavy atom. The molecule has 2 rings (SSSR count). The lowest BCUT2D eigenvalue weighted by Gasteiger charge is -2.31. The van der Waals surface area contributed by atoms with Crippen molar-refractivity contribution in [1.29, 1.82) is 0 Å². The van der Waals surface area contributed by atoms with E-state index in [1.807, 2.05) is 6.92 Å². The van der Waals surface area contributed by atoms with E-state index in [9.17, 15) is 0 Å². The highest BCUT2D eigenvalue weighted by molar-refractivity contribution is 4.85. The molecule has 0 radical (unpaired) electrons. The van der Waals surface area contributed by atoms with Crippen LogP contribution in [0, 0.1) is 12.8 Å². The van der Waals surface area contributed by atoms with Crippen LogP contribution < -0.4 is 0 Å². The van der Waals surface area contributed by atoms with Gasteiger partial charge in [-0.2, -0.15) is 4.98 Å². The van der Waals surface area contributed by atoms with Crippen molar-refractivity contribution in [2.75, 3.05) is 13.1 Å². The van der Waals surface area contributed by atoms with Crippen LogP contribution >= 0.6 is 0 Å². The first kappa shape index (κ1) is 10.6. The zero-order valence-corrected chi connectivity index (χ0v) is 9.57. The summed E-state index contributed by atoms with van der Waals surface area (Å²) in [5, 5.41) is 3.93. The summed E-state index contributed by atoms with van der Waals surface area (Å²) >= 11 is 0. The molecule has 2 heterocycles. The first-order chi connectivity index (χ1) is 7.28. The van der Waals surface area contributed by atoms with Crippen molar-refractivity contribution in [2.45, 2.75) is 39.7 Å². The van der Waals surface area contributed by atoms with Gasteiger partial charge in [-0.15, -0.1) is 0 Å². The fourth-order valence-electron chi connectivity index (χ4n) is 2.23. The number of rotatable bonds is 3. The summed E-state index contributed by atoms with van der Waals surface area (Å²) in [5.74, 6) is 2.34. The van der Waals surface area contributed by atoms with E-state index in [0.29, 0.717) is 5.89 Å². The van der Waals surface area contributed by atoms with Gasteiger partial charge in [-0.1, -0.05) is 18.5 Å². The highest BCUT2D eigenvalue weighted by Gasteiger charge is 2.19. The van der Waals surface area contributed by atoms with Crippen LogP contribution in [0.25, 0.3) is 0 Å². The van der Waals surface area contributed by atoms with Crippen molar-refractivity contribution in [1.82, 2.24) is 15.0 Å². The van der Waals surface area contributed by atoms with Gasteiger partial charge in [-0.25, -0.2) is 0 Å². The fraction of sp³-hybridized carbons (Fsp3) is 0.818. The minimum absolute atomic E-state index is 0.661. The van der Waals surface area contributed by atoms with E-state index >= 15 is 0 Å². The quantitative estimate of drug-likeness (QED) is 0.763. The summed E-state index contributed by atoms with van der Waals surface area (Å²) in [6.07, 6.45) is 3.95. The second-order valence-electron chi connectivity index (χ2n) is 4.38. The maximum absolute atomic E-state index is 4.97. The Labute approximate surface area is 90.7 Å². The molecule has 1 aliphatic heterocycles. The van der Waals surface area contributed by atoms with Crippen LogP contribution in [0.2, 0.25) is 0 Å². The van der Waals surface area contributed by atoms with Crippen LogP contribution in [-0.4, -0.2) is 28.1 Å². The topological polar surface area (TPSA) is 42.2 Å². The van der Waals surface area contributed by atoms with Gasteiger partial charge >= 0.3 is 0 Å². The first-order valence-corrected chi connectivity index (χ1v) is 5.79. The van der Waals surface area contributed by atoms with E-state index in [1.54, 1.807) is 0 Å². The van der Waals surface area contributed by atoms with E-state index in [-0.39, 0.29) is 0 Å². The maximum Gasteiger partial charge on any atom is 0.223 e. The van der Waals surface area contributed by atoms with Crippen LogP contribution in [0.5, 0.6) is 0 Å². The molecule has 4 heteroatoms. The van der Waals surface area contributed by atoms with Gasteiger partial charge in [0.15, 0.2) is 5.82 Å². The average molecular weight is 209 g/mol. The molecular formula is C11H19N3O. The Bertz CT molecular complexity index is 311. The normalized spacial score (nSPS) is 23.2. The number of hydrogen-bond donors (Lipinski definition) is 0. The molecule has 0 bridgehead atoms. The Hall–Kier alpha value is -0.900. The Balaban J connectivity index is 1.88. The number of aromatic nitrogens is 2. The summed E-state index contributed by atoms with van der Waals surface area (Å²) in [6, 6.07) is 0. The van der Waals surface area contributed by atoms with Crippen LogP contribution in [-0.2, 0) is 6.54 Å². The van der Waals surface area contributed by atoms with Crippen molar-refractivity contribution in [3.8, 4) is 0 Å². The molecule has 0 amide bonds. The third-order valence-electron chi connectivity index (χ3n) is 3.12. The van der Waals surface area contributed by atoms with E-state index in [4.69, 9.17) is 4.52 Å². The molecule has 0 N–H and O–H groups in total. The molecule has 4 nitrogen and oxygen atoms in total. The third kappa shape index (κ3) is 2.78. The fourth-order valence-corrected chi connectivity index (χ4v) is 2.23. The van der Waals surface area contributed by atoms with Gasteiger partial charge in [0.05, 0.1) is 6.54 Å². The van der Waals surface area contributed by atoms with Gasteiger partial charge in [-0.05, 0) is 25.3 Å². The SMILES string of the molecule is CC[C@H]1CCCN(Cc2noc(C)n2)C1. The van der Waals surface area contributed by atoms with Gasteiger partial charge in [0.1, 0.15) is 0 Å². The zero-order valence-electron chi connectivity index (χ0n) is 9.57. The van der Waals surface area contributed by atoms with Gasteiger partial charge in [-0.3, -0.25) is 4.90 Å². The monoisotopic (exact) mass is 209 g/mol. The Morgan fingerprint density at radius 2 is 2.40 bits per heavy atom. The van der Waals surface area contributed by atoms with E-state index < -0.39 is 0 Å². The predicted octanol–water partition coefficient (Wildman–Crippen LogP) is 2.00. The molecule has 1 saturated heterocycles. The average Bonchev–Trinajstić information content (AvgIpc) is 2.64. The molecule has 1 aromatic heterocycles. The van der Waals surface area contributed by atoms with E-state index in [1.165, 1.54) is 32.4 Å². The van der Waals surface area contributed by atoms with Crippen molar-refractivity contribution in [2.24, 2.45) is 5.92 Å². The van der Waals surface area contributed by atoms with Gasteiger partial charge in [0.2, 0.25) is 5.89 Å². The van der Waals surface area contributed by atoms with Crippen LogP contribution in [0.3, 0.4) is 0 Å². The van der Waals surface area contributed by atoms with Crippen molar-refractivity contribution in [3.63, 3.8) is 0 Å². The summed E-state index contributed by atoms with van der Waals surface area (Å²) in [5.41, 5.74) is 0. The summed E-state index contributed by atoms with van der Waals surface area (Å²) in [7, 11) is 0. The largest absolute Gasteiger partial charge is 0.340 e. The molecule has 1 aromatic rings. The first-order valence-electron chi connectivity index (χ1n) is 5.79. The maximum atomic E-state index is 4.97. The molecule has 0 aromatic carbocycles. The standard InChI is InChI=1S/C11H19N3O/c1-3-10-5-4-6-14(7-10)8-11-12-9(2)15-13-11/h10H,3-8H2,1-2H3/t10-/m0/s1. The lowest BCUT2D eigenvalue weighted by Crippen LogP contribution is -2.34. The molecular weight excluding hydrogens is 190 g/mol. The Kier molecular flexibility index (Phi) is 3.36. The molecule has 15 heavy (non-hydrogen) atoms. The number of hydrogen-bond acceptors (Lipinski definition) is 4. The third-order valence-corrected chi connectivity index (χ3v) is 3.12. The molecule has 84 valence electrons. The molecule has 1 aliphatic rings. The van der Waals surface area contributed by atoms with Crippen LogP contribution in [0.4, 0.5) is 0 Å². The highest BCUT2D eigenvalue weighted by atomic mass is 16.5. The van der Waals surface area contributed by atoms with Gasteiger partial charge in [0, 0.05) is 13.5 Å². The summed E-state index contributed by atoms with van der Waals surface area (Å²) < 4.78 is 4.97. The minimum atomic E-state index is 0.661. The molecule has 0 saturated carbocycles. The van der Waals surface area contributed by atoms with E-state index in [0.717, 1.165) is 18.3 Å². The van der Waals surface area contributed by atoms with Crippen LogP contribution in [0.1, 0.15) is 37.9 Å². The summed E-state index contributed by atoms with van der Waals surface area (Å²) in [4.78, 5) is 6.67. The highest BCUT2D eigenvalue weighted by Crippen LogP contribution is 2.20. The lowest BCUT2D eigenvalue weighted by atomic mass is 9.96. The molecule has 0 unspecified atom stereocenters. The molecule has 0 spiro atoms. The van der Waals surface area contributed by atoms with E-state index in [2.05, 4.69) is 22.0 Å². The second-order valence-corrected chi connectivity index (χ2v) is 4.38. The Morgan fingerprint density at radius 1 is 1.53 bits per heavy atom. The van der Waals surface area contributed by atoms with Crippen molar-refractivity contribution < 1.29 is 4.52 Å².